The molecule has 1 saturated carbocycles. The quantitative estimate of drug-likeness (QED) is 0.474. The topological polar surface area (TPSA) is 78.3 Å². The minimum atomic E-state index is -0.206. The molecule has 5 rings (SSSR count). The van der Waals surface area contributed by atoms with Crippen LogP contribution in [0.4, 0.5) is 5.69 Å². The second-order valence-corrected chi connectivity index (χ2v) is 7.92. The zero-order valence-electron chi connectivity index (χ0n) is 18.3. The van der Waals surface area contributed by atoms with Crippen molar-refractivity contribution in [1.82, 2.24) is 14.8 Å². The van der Waals surface area contributed by atoms with E-state index in [2.05, 4.69) is 5.32 Å². The van der Waals surface area contributed by atoms with Crippen LogP contribution in [0, 0.1) is 6.92 Å². The van der Waals surface area contributed by atoms with Crippen LogP contribution in [0.5, 0.6) is 11.5 Å². The maximum atomic E-state index is 13.4. The molecular formula is C25H24N4O3. The van der Waals surface area contributed by atoms with Gasteiger partial charge >= 0.3 is 0 Å². The van der Waals surface area contributed by atoms with Gasteiger partial charge in [0.05, 0.1) is 36.6 Å². The van der Waals surface area contributed by atoms with E-state index < -0.39 is 0 Å². The molecule has 162 valence electrons. The van der Waals surface area contributed by atoms with Gasteiger partial charge in [0.1, 0.15) is 0 Å². The van der Waals surface area contributed by atoms with E-state index in [9.17, 15) is 4.79 Å². The van der Waals surface area contributed by atoms with E-state index in [1.54, 1.807) is 32.4 Å². The molecule has 1 amide bonds. The minimum Gasteiger partial charge on any atom is -0.493 e. The largest absolute Gasteiger partial charge is 0.493 e. The SMILES string of the molecule is COc1ccc(NC(=O)c2cc(C3CC3)nc3c2c(C)nn3-c2ccccc2)cc1OC. The number of aryl methyl sites for hydroxylation is 1. The van der Waals surface area contributed by atoms with Gasteiger partial charge in [0.15, 0.2) is 17.1 Å². The van der Waals surface area contributed by atoms with E-state index in [0.29, 0.717) is 34.3 Å². The highest BCUT2D eigenvalue weighted by molar-refractivity contribution is 6.13. The third-order valence-corrected chi connectivity index (χ3v) is 5.72. The number of fused-ring (bicyclic) bond motifs is 1. The first-order valence-corrected chi connectivity index (χ1v) is 10.6. The van der Waals surface area contributed by atoms with Crippen molar-refractivity contribution in [3.63, 3.8) is 0 Å². The number of nitrogens with one attached hydrogen (secondary N) is 1. The van der Waals surface area contributed by atoms with Crippen molar-refractivity contribution in [1.29, 1.82) is 0 Å². The lowest BCUT2D eigenvalue weighted by molar-refractivity contribution is 0.102. The van der Waals surface area contributed by atoms with E-state index in [4.69, 9.17) is 19.6 Å². The molecule has 0 saturated heterocycles. The molecule has 1 aliphatic rings. The van der Waals surface area contributed by atoms with Crippen molar-refractivity contribution in [3.05, 3.63) is 71.5 Å². The Morgan fingerprint density at radius 1 is 1.03 bits per heavy atom. The van der Waals surface area contributed by atoms with Gasteiger partial charge in [-0.15, -0.1) is 0 Å². The minimum absolute atomic E-state index is 0.206. The Kier molecular flexibility index (Phi) is 5.01. The van der Waals surface area contributed by atoms with Gasteiger partial charge in [0, 0.05) is 23.4 Å². The Labute approximate surface area is 186 Å². The number of ether oxygens (including phenoxy) is 2. The molecule has 0 spiro atoms. The number of nitrogens with zero attached hydrogens (tertiary/aromatic N) is 3. The van der Waals surface area contributed by atoms with Crippen LogP contribution in [0.15, 0.2) is 54.6 Å². The van der Waals surface area contributed by atoms with Gasteiger partial charge in [-0.1, -0.05) is 18.2 Å². The molecule has 7 nitrogen and oxygen atoms in total. The van der Waals surface area contributed by atoms with Crippen molar-refractivity contribution >= 4 is 22.6 Å². The average molecular weight is 428 g/mol. The Bertz CT molecular complexity index is 1310. The molecule has 0 unspecified atom stereocenters. The van der Waals surface area contributed by atoms with Crippen LogP contribution in [0.2, 0.25) is 0 Å². The van der Waals surface area contributed by atoms with Crippen molar-refractivity contribution in [3.8, 4) is 17.2 Å². The molecule has 7 heteroatoms. The Balaban J connectivity index is 1.60. The highest BCUT2D eigenvalue weighted by Crippen LogP contribution is 2.41. The van der Waals surface area contributed by atoms with E-state index in [1.807, 2.05) is 48.0 Å². The summed E-state index contributed by atoms with van der Waals surface area (Å²) in [5, 5.41) is 8.48. The van der Waals surface area contributed by atoms with Crippen LogP contribution < -0.4 is 14.8 Å². The molecule has 1 N–H and O–H groups in total. The van der Waals surface area contributed by atoms with Gasteiger partial charge in [-0.2, -0.15) is 5.10 Å². The number of hydrogen-bond donors (Lipinski definition) is 1. The summed E-state index contributed by atoms with van der Waals surface area (Å²) in [4.78, 5) is 18.3. The number of benzene rings is 2. The molecule has 2 aromatic heterocycles. The summed E-state index contributed by atoms with van der Waals surface area (Å²) in [6.45, 7) is 1.91. The summed E-state index contributed by atoms with van der Waals surface area (Å²) in [5.41, 5.74) is 4.51. The normalized spacial score (nSPS) is 13.2. The zero-order valence-corrected chi connectivity index (χ0v) is 18.3. The average Bonchev–Trinajstić information content (AvgIpc) is 3.62. The predicted octanol–water partition coefficient (Wildman–Crippen LogP) is 4.88. The molecular weight excluding hydrogens is 404 g/mol. The van der Waals surface area contributed by atoms with Gasteiger partial charge in [-0.25, -0.2) is 9.67 Å². The number of anilines is 1. The number of pyridine rings is 1. The van der Waals surface area contributed by atoms with Gasteiger partial charge < -0.3 is 14.8 Å². The fourth-order valence-corrected chi connectivity index (χ4v) is 3.94. The third-order valence-electron chi connectivity index (χ3n) is 5.72. The fraction of sp³-hybridized carbons (Fsp3) is 0.240. The van der Waals surface area contributed by atoms with E-state index in [1.165, 1.54) is 0 Å². The molecule has 0 atom stereocenters. The number of methoxy groups -OCH3 is 2. The lowest BCUT2D eigenvalue weighted by Gasteiger charge is -2.12. The van der Waals surface area contributed by atoms with Crippen LogP contribution in [-0.2, 0) is 0 Å². The van der Waals surface area contributed by atoms with Crippen molar-refractivity contribution in [2.24, 2.45) is 0 Å². The van der Waals surface area contributed by atoms with Crippen molar-refractivity contribution in [2.75, 3.05) is 19.5 Å². The molecule has 0 bridgehead atoms. The highest BCUT2D eigenvalue weighted by Gasteiger charge is 2.29. The lowest BCUT2D eigenvalue weighted by atomic mass is 10.1. The van der Waals surface area contributed by atoms with E-state index >= 15 is 0 Å². The van der Waals surface area contributed by atoms with Crippen molar-refractivity contribution in [2.45, 2.75) is 25.7 Å². The molecule has 1 fully saturated rings. The lowest BCUT2D eigenvalue weighted by Crippen LogP contribution is -2.14. The molecule has 2 aromatic carbocycles. The first-order valence-electron chi connectivity index (χ1n) is 10.6. The van der Waals surface area contributed by atoms with Gasteiger partial charge in [-0.3, -0.25) is 4.79 Å². The summed E-state index contributed by atoms with van der Waals surface area (Å²) in [7, 11) is 3.15. The predicted molar refractivity (Wildman–Crippen MR) is 123 cm³/mol. The van der Waals surface area contributed by atoms with Gasteiger partial charge in [0.25, 0.3) is 5.91 Å². The standard InChI is InChI=1S/C25H24N4O3/c1-15-23-19(25(30)26-17-11-12-21(31-2)22(13-17)32-3)14-20(16-9-10-16)27-24(23)29(28-15)18-7-5-4-6-8-18/h4-8,11-14,16H,9-10H2,1-3H3,(H,26,30). The molecule has 32 heavy (non-hydrogen) atoms. The second-order valence-electron chi connectivity index (χ2n) is 7.92. The van der Waals surface area contributed by atoms with Crippen LogP contribution in [0.1, 0.15) is 40.5 Å². The maximum absolute atomic E-state index is 13.4. The first kappa shape index (κ1) is 20.1. The summed E-state index contributed by atoms with van der Waals surface area (Å²) >= 11 is 0. The fourth-order valence-electron chi connectivity index (χ4n) is 3.94. The molecule has 2 heterocycles. The number of amides is 1. The second kappa shape index (κ2) is 8.00. The number of carbonyl (C=O) groups excluding carboxylic acids is 1. The highest BCUT2D eigenvalue weighted by atomic mass is 16.5. The van der Waals surface area contributed by atoms with Crippen LogP contribution in [-0.4, -0.2) is 34.9 Å². The number of para-hydroxylation sites is 1. The van der Waals surface area contributed by atoms with Gasteiger partial charge in [0.2, 0.25) is 0 Å². The van der Waals surface area contributed by atoms with E-state index in [-0.39, 0.29) is 5.91 Å². The van der Waals surface area contributed by atoms with Crippen molar-refractivity contribution < 1.29 is 14.3 Å². The first-order chi connectivity index (χ1) is 15.6. The number of rotatable bonds is 6. The summed E-state index contributed by atoms with van der Waals surface area (Å²) < 4.78 is 12.5. The number of carbonyl (C=O) groups is 1. The zero-order chi connectivity index (χ0) is 22.2. The van der Waals surface area contributed by atoms with E-state index in [0.717, 1.165) is 35.3 Å². The molecule has 1 aliphatic carbocycles. The van der Waals surface area contributed by atoms with Crippen LogP contribution in [0.25, 0.3) is 16.7 Å². The van der Waals surface area contributed by atoms with Crippen LogP contribution in [0.3, 0.4) is 0 Å². The summed E-state index contributed by atoms with van der Waals surface area (Å²) in [5.74, 6) is 1.35. The Morgan fingerprint density at radius 2 is 1.78 bits per heavy atom. The summed E-state index contributed by atoms with van der Waals surface area (Å²) in [6.07, 6.45) is 2.18. The Morgan fingerprint density at radius 3 is 2.47 bits per heavy atom. The molecule has 0 aliphatic heterocycles. The maximum Gasteiger partial charge on any atom is 0.256 e. The summed E-state index contributed by atoms with van der Waals surface area (Å²) in [6, 6.07) is 17.1. The number of hydrogen-bond acceptors (Lipinski definition) is 5. The smallest absolute Gasteiger partial charge is 0.256 e. The molecule has 4 aromatic rings. The van der Waals surface area contributed by atoms with Crippen LogP contribution >= 0.6 is 0 Å². The monoisotopic (exact) mass is 428 g/mol. The Hall–Kier alpha value is -3.87. The number of aromatic nitrogens is 3. The third kappa shape index (κ3) is 3.56. The molecule has 0 radical (unpaired) electrons. The van der Waals surface area contributed by atoms with Gasteiger partial charge in [-0.05, 0) is 50.1 Å².